The summed E-state index contributed by atoms with van der Waals surface area (Å²) in [6, 6.07) is 9.52. The van der Waals surface area contributed by atoms with E-state index in [1.807, 2.05) is 0 Å². The van der Waals surface area contributed by atoms with Crippen molar-refractivity contribution in [2.45, 2.75) is 64.5 Å². The highest BCUT2D eigenvalue weighted by Crippen LogP contribution is 2.12. The van der Waals surface area contributed by atoms with Crippen molar-refractivity contribution >= 4 is 0 Å². The van der Waals surface area contributed by atoms with Crippen molar-refractivity contribution in [2.75, 3.05) is 105 Å². The summed E-state index contributed by atoms with van der Waals surface area (Å²) in [4.78, 5) is 5.32. The number of hydrogen-bond acceptors (Lipinski definition) is 8. The second kappa shape index (κ2) is 23.5. The van der Waals surface area contributed by atoms with Gasteiger partial charge < -0.3 is 31.9 Å². The third kappa shape index (κ3) is 17.0. The standard InChI is InChI=1S/C32H62N8/c1-13-33-14-2-18-36-22-6-26-39(25-5-21-35-17-1)29-31-9-11-32(12-10-31)30-40-27-7-23-37-19-3-15-34-16-4-20-38-24-8-28-40/h9-12,33-38H,1-8,13-30H2. The summed E-state index contributed by atoms with van der Waals surface area (Å²) in [6.07, 6.45) is 9.73. The van der Waals surface area contributed by atoms with E-state index >= 15 is 0 Å². The van der Waals surface area contributed by atoms with E-state index in [0.717, 1.165) is 91.6 Å². The molecule has 8 nitrogen and oxygen atoms in total. The molecule has 40 heavy (non-hydrogen) atoms. The lowest BCUT2D eigenvalue weighted by Crippen LogP contribution is -2.32. The monoisotopic (exact) mass is 559 g/mol. The third-order valence-electron chi connectivity index (χ3n) is 7.98. The zero-order valence-corrected chi connectivity index (χ0v) is 25.6. The van der Waals surface area contributed by atoms with E-state index in [4.69, 9.17) is 0 Å². The van der Waals surface area contributed by atoms with Gasteiger partial charge in [0.2, 0.25) is 0 Å². The van der Waals surface area contributed by atoms with Gasteiger partial charge in [0.05, 0.1) is 0 Å². The summed E-state index contributed by atoms with van der Waals surface area (Å²) >= 11 is 0. The molecule has 0 atom stereocenters. The summed E-state index contributed by atoms with van der Waals surface area (Å²) in [5, 5.41) is 21.7. The Kier molecular flexibility index (Phi) is 19.6. The maximum absolute atomic E-state index is 3.64. The first-order valence-corrected chi connectivity index (χ1v) is 16.7. The van der Waals surface area contributed by atoms with E-state index in [1.165, 1.54) is 88.7 Å². The Labute approximate surface area is 246 Å². The van der Waals surface area contributed by atoms with Gasteiger partial charge in [-0.15, -0.1) is 0 Å². The van der Waals surface area contributed by atoms with Crippen LogP contribution in [0.1, 0.15) is 62.5 Å². The van der Waals surface area contributed by atoms with Crippen molar-refractivity contribution in [2.24, 2.45) is 0 Å². The van der Waals surface area contributed by atoms with Crippen LogP contribution in [0.3, 0.4) is 0 Å². The predicted molar refractivity (Wildman–Crippen MR) is 171 cm³/mol. The zero-order valence-electron chi connectivity index (χ0n) is 25.6. The summed E-state index contributed by atoms with van der Waals surface area (Å²) < 4.78 is 0. The minimum Gasteiger partial charge on any atom is -0.317 e. The molecule has 0 aromatic heterocycles. The van der Waals surface area contributed by atoms with Crippen LogP contribution in [-0.2, 0) is 13.1 Å². The molecule has 6 N–H and O–H groups in total. The maximum Gasteiger partial charge on any atom is 0.0233 e. The van der Waals surface area contributed by atoms with E-state index in [1.54, 1.807) is 0 Å². The molecule has 2 fully saturated rings. The number of nitrogens with zero attached hydrogens (tertiary/aromatic N) is 2. The summed E-state index contributed by atoms with van der Waals surface area (Å²) in [5.74, 6) is 0. The molecule has 2 aliphatic heterocycles. The molecule has 0 unspecified atom stereocenters. The Bertz CT molecular complexity index is 610. The first-order valence-electron chi connectivity index (χ1n) is 16.7. The Morgan fingerprint density at radius 3 is 0.825 bits per heavy atom. The quantitative estimate of drug-likeness (QED) is 0.335. The van der Waals surface area contributed by atoms with Crippen LogP contribution in [0, 0.1) is 0 Å². The molecule has 2 saturated heterocycles. The number of nitrogens with one attached hydrogen (secondary N) is 6. The first-order chi connectivity index (χ1) is 19.9. The minimum atomic E-state index is 1.06. The van der Waals surface area contributed by atoms with Gasteiger partial charge in [0.1, 0.15) is 0 Å². The minimum absolute atomic E-state index is 1.06. The molecule has 2 aliphatic rings. The Hall–Kier alpha value is -1.10. The lowest BCUT2D eigenvalue weighted by molar-refractivity contribution is 0.254. The van der Waals surface area contributed by atoms with Crippen molar-refractivity contribution < 1.29 is 0 Å². The van der Waals surface area contributed by atoms with Crippen LogP contribution in [-0.4, -0.2) is 115 Å². The Morgan fingerprint density at radius 2 is 0.575 bits per heavy atom. The zero-order chi connectivity index (χ0) is 27.8. The van der Waals surface area contributed by atoms with Crippen molar-refractivity contribution in [3.8, 4) is 0 Å². The largest absolute Gasteiger partial charge is 0.317 e. The topological polar surface area (TPSA) is 78.7 Å². The fraction of sp³-hybridized carbons (Fsp3) is 0.812. The molecule has 1 aromatic carbocycles. The van der Waals surface area contributed by atoms with Crippen molar-refractivity contribution in [3.63, 3.8) is 0 Å². The normalized spacial score (nSPS) is 23.0. The fourth-order valence-corrected chi connectivity index (χ4v) is 5.62. The molecule has 0 saturated carbocycles. The van der Waals surface area contributed by atoms with Gasteiger partial charge >= 0.3 is 0 Å². The van der Waals surface area contributed by atoms with Gasteiger partial charge in [-0.05, 0) is 167 Å². The van der Waals surface area contributed by atoms with Crippen LogP contribution >= 0.6 is 0 Å². The van der Waals surface area contributed by atoms with E-state index in [2.05, 4.69) is 66.0 Å². The molecular formula is C32H62N8. The van der Waals surface area contributed by atoms with Crippen LogP contribution in [0.25, 0.3) is 0 Å². The number of benzene rings is 1. The average Bonchev–Trinajstić information content (AvgIpc) is 2.96. The fourth-order valence-electron chi connectivity index (χ4n) is 5.62. The molecule has 8 heteroatoms. The predicted octanol–water partition coefficient (Wildman–Crippen LogP) is 1.98. The Morgan fingerprint density at radius 1 is 0.350 bits per heavy atom. The van der Waals surface area contributed by atoms with Crippen molar-refractivity contribution in [1.82, 2.24) is 41.7 Å². The van der Waals surface area contributed by atoms with E-state index in [9.17, 15) is 0 Å². The molecule has 0 aliphatic carbocycles. The van der Waals surface area contributed by atoms with Crippen LogP contribution in [0.5, 0.6) is 0 Å². The molecular weight excluding hydrogens is 496 g/mol. The molecule has 2 heterocycles. The van der Waals surface area contributed by atoms with Gasteiger partial charge in [-0.25, -0.2) is 0 Å². The first kappa shape index (κ1) is 33.4. The van der Waals surface area contributed by atoms with E-state index in [0.29, 0.717) is 0 Å². The van der Waals surface area contributed by atoms with Crippen LogP contribution in [0.15, 0.2) is 24.3 Å². The number of rotatable bonds is 4. The van der Waals surface area contributed by atoms with Crippen LogP contribution < -0.4 is 31.9 Å². The van der Waals surface area contributed by atoms with Gasteiger partial charge in [0, 0.05) is 13.1 Å². The van der Waals surface area contributed by atoms with Crippen LogP contribution in [0.4, 0.5) is 0 Å². The molecule has 0 radical (unpaired) electrons. The summed E-state index contributed by atoms with van der Waals surface area (Å²) in [7, 11) is 0. The SMILES string of the molecule is c1cc(CN2CCCNCCCNCCCNCCC2)ccc1CN1CCCNCCCNCCCNCCC1. The lowest BCUT2D eigenvalue weighted by Gasteiger charge is -2.24. The molecule has 3 rings (SSSR count). The summed E-state index contributed by atoms with van der Waals surface area (Å²) in [5.41, 5.74) is 2.89. The van der Waals surface area contributed by atoms with Crippen LogP contribution in [0.2, 0.25) is 0 Å². The smallest absolute Gasteiger partial charge is 0.0233 e. The molecule has 0 spiro atoms. The maximum atomic E-state index is 3.64. The molecule has 0 amide bonds. The van der Waals surface area contributed by atoms with Crippen molar-refractivity contribution in [3.05, 3.63) is 35.4 Å². The second-order valence-electron chi connectivity index (χ2n) is 11.7. The van der Waals surface area contributed by atoms with Gasteiger partial charge in [-0.1, -0.05) is 24.3 Å². The molecule has 1 aromatic rings. The third-order valence-corrected chi connectivity index (χ3v) is 7.98. The highest BCUT2D eigenvalue weighted by molar-refractivity contribution is 5.22. The summed E-state index contributed by atoms with van der Waals surface area (Å²) in [6.45, 7) is 20.2. The van der Waals surface area contributed by atoms with E-state index < -0.39 is 0 Å². The van der Waals surface area contributed by atoms with Gasteiger partial charge in [-0.3, -0.25) is 9.80 Å². The highest BCUT2D eigenvalue weighted by Gasteiger charge is 2.09. The molecule has 0 bridgehead atoms. The molecule has 230 valence electrons. The van der Waals surface area contributed by atoms with Gasteiger partial charge in [-0.2, -0.15) is 0 Å². The average molecular weight is 559 g/mol. The number of hydrogen-bond donors (Lipinski definition) is 6. The Balaban J connectivity index is 1.45. The lowest BCUT2D eigenvalue weighted by atomic mass is 10.1. The second-order valence-corrected chi connectivity index (χ2v) is 11.7. The van der Waals surface area contributed by atoms with Gasteiger partial charge in [0.25, 0.3) is 0 Å². The van der Waals surface area contributed by atoms with Gasteiger partial charge in [0.15, 0.2) is 0 Å². The van der Waals surface area contributed by atoms with E-state index in [-0.39, 0.29) is 0 Å². The van der Waals surface area contributed by atoms with Crippen molar-refractivity contribution in [1.29, 1.82) is 0 Å². The highest BCUT2D eigenvalue weighted by atomic mass is 15.1.